The lowest BCUT2D eigenvalue weighted by Crippen LogP contribution is -1.91. The lowest BCUT2D eigenvalue weighted by Gasteiger charge is -1.98. The number of methoxy groups -OCH3 is 1. The minimum atomic E-state index is 0.531. The molecule has 0 saturated carbocycles. The van der Waals surface area contributed by atoms with Crippen molar-refractivity contribution in [2.24, 2.45) is 5.73 Å². The van der Waals surface area contributed by atoms with Crippen LogP contribution in [-0.2, 0) is 11.3 Å². The molecule has 0 unspecified atom stereocenters. The summed E-state index contributed by atoms with van der Waals surface area (Å²) in [6, 6.07) is 0. The molecule has 0 amide bonds. The Labute approximate surface area is 100.0 Å². The van der Waals surface area contributed by atoms with Crippen molar-refractivity contribution in [2.45, 2.75) is 13.5 Å². The fourth-order valence-electron chi connectivity index (χ4n) is 1.08. The minimum Gasteiger partial charge on any atom is -0.497 e. The Hall–Kier alpha value is -1.39. The van der Waals surface area contributed by atoms with Gasteiger partial charge in [0, 0.05) is 23.2 Å². The summed E-state index contributed by atoms with van der Waals surface area (Å²) in [5, 5.41) is 0.961. The van der Waals surface area contributed by atoms with Gasteiger partial charge in [-0.3, -0.25) is 0 Å². The van der Waals surface area contributed by atoms with Crippen LogP contribution in [0.15, 0.2) is 36.8 Å². The second-order valence-electron chi connectivity index (χ2n) is 3.08. The highest BCUT2D eigenvalue weighted by molar-refractivity contribution is 7.12. The van der Waals surface area contributed by atoms with E-state index in [9.17, 15) is 0 Å². The number of hydrogen-bond acceptors (Lipinski definition) is 4. The SMILES string of the molecule is C=C(/C=C\C(=C/C)c1ncc(CN)s1)OC. The van der Waals surface area contributed by atoms with E-state index >= 15 is 0 Å². The first-order valence-electron chi connectivity index (χ1n) is 4.93. The van der Waals surface area contributed by atoms with Crippen molar-refractivity contribution in [3.8, 4) is 0 Å². The van der Waals surface area contributed by atoms with Crippen molar-refractivity contribution >= 4 is 16.9 Å². The van der Waals surface area contributed by atoms with Gasteiger partial charge in [-0.1, -0.05) is 12.7 Å². The van der Waals surface area contributed by atoms with Crippen LogP contribution in [0.2, 0.25) is 0 Å². The Morgan fingerprint density at radius 2 is 2.38 bits per heavy atom. The molecule has 86 valence electrons. The van der Waals surface area contributed by atoms with Crippen molar-refractivity contribution in [3.63, 3.8) is 0 Å². The van der Waals surface area contributed by atoms with Crippen LogP contribution >= 0.6 is 11.3 Å². The van der Waals surface area contributed by atoms with E-state index in [1.165, 1.54) is 0 Å². The molecule has 1 heterocycles. The second kappa shape index (κ2) is 6.25. The first kappa shape index (κ1) is 12.7. The van der Waals surface area contributed by atoms with E-state index < -0.39 is 0 Å². The highest BCUT2D eigenvalue weighted by Gasteiger charge is 2.03. The lowest BCUT2D eigenvalue weighted by atomic mass is 10.2. The Kier molecular flexibility index (Phi) is 4.95. The summed E-state index contributed by atoms with van der Waals surface area (Å²) in [5.74, 6) is 0.620. The molecule has 0 fully saturated rings. The molecule has 1 aromatic heterocycles. The van der Waals surface area contributed by atoms with Gasteiger partial charge in [0.1, 0.15) is 10.8 Å². The Bertz CT molecular complexity index is 418. The molecule has 0 aliphatic rings. The smallest absolute Gasteiger partial charge is 0.123 e. The van der Waals surface area contributed by atoms with Crippen LogP contribution in [0, 0.1) is 0 Å². The summed E-state index contributed by atoms with van der Waals surface area (Å²) >= 11 is 1.60. The van der Waals surface area contributed by atoms with Gasteiger partial charge in [0.15, 0.2) is 0 Å². The van der Waals surface area contributed by atoms with Crippen LogP contribution in [0.5, 0.6) is 0 Å². The molecule has 0 atom stereocenters. The molecule has 3 nitrogen and oxygen atoms in total. The Balaban J connectivity index is 2.83. The number of ether oxygens (including phenoxy) is 1. The number of nitrogens with two attached hydrogens (primary N) is 1. The normalized spacial score (nSPS) is 12.1. The molecule has 0 bridgehead atoms. The van der Waals surface area contributed by atoms with Gasteiger partial charge in [0.2, 0.25) is 0 Å². The third-order valence-electron chi connectivity index (χ3n) is 2.02. The number of aromatic nitrogens is 1. The van der Waals surface area contributed by atoms with E-state index in [0.717, 1.165) is 15.5 Å². The standard InChI is InChI=1S/C12H16N2OS/c1-4-10(6-5-9(2)15-3)12-14-8-11(7-13)16-12/h4-6,8H,2,7,13H2,1,3H3/b6-5-,10-4+. The maximum Gasteiger partial charge on any atom is 0.123 e. The zero-order chi connectivity index (χ0) is 12.0. The van der Waals surface area contributed by atoms with Gasteiger partial charge in [-0.05, 0) is 19.1 Å². The van der Waals surface area contributed by atoms with E-state index in [-0.39, 0.29) is 0 Å². The van der Waals surface area contributed by atoms with Crippen LogP contribution in [0.4, 0.5) is 0 Å². The predicted molar refractivity (Wildman–Crippen MR) is 68.9 cm³/mol. The summed E-state index contributed by atoms with van der Waals surface area (Å²) in [7, 11) is 1.60. The van der Waals surface area contributed by atoms with Gasteiger partial charge in [-0.25, -0.2) is 4.98 Å². The average molecular weight is 236 g/mol. The van der Waals surface area contributed by atoms with Gasteiger partial charge in [0.25, 0.3) is 0 Å². The molecule has 0 aromatic carbocycles. The van der Waals surface area contributed by atoms with E-state index in [0.29, 0.717) is 12.3 Å². The van der Waals surface area contributed by atoms with Gasteiger partial charge in [-0.2, -0.15) is 0 Å². The van der Waals surface area contributed by atoms with Crippen LogP contribution in [0.1, 0.15) is 16.8 Å². The third-order valence-corrected chi connectivity index (χ3v) is 3.09. The number of hydrogen-bond donors (Lipinski definition) is 1. The molecular formula is C12H16N2OS. The Morgan fingerprint density at radius 3 is 2.88 bits per heavy atom. The molecule has 0 spiro atoms. The minimum absolute atomic E-state index is 0.531. The van der Waals surface area contributed by atoms with Gasteiger partial charge >= 0.3 is 0 Å². The maximum absolute atomic E-state index is 5.55. The Morgan fingerprint density at radius 1 is 1.62 bits per heavy atom. The van der Waals surface area contributed by atoms with Crippen LogP contribution in [0.3, 0.4) is 0 Å². The highest BCUT2D eigenvalue weighted by Crippen LogP contribution is 2.22. The molecule has 0 saturated heterocycles. The number of allylic oxidation sites excluding steroid dienone is 4. The monoisotopic (exact) mass is 236 g/mol. The highest BCUT2D eigenvalue weighted by atomic mass is 32.1. The summed E-state index contributed by atoms with van der Waals surface area (Å²) in [4.78, 5) is 5.39. The van der Waals surface area contributed by atoms with Gasteiger partial charge in [0.05, 0.1) is 7.11 Å². The number of nitrogens with zero attached hydrogens (tertiary/aromatic N) is 1. The molecule has 0 aliphatic carbocycles. The molecule has 16 heavy (non-hydrogen) atoms. The van der Waals surface area contributed by atoms with Crippen molar-refractivity contribution in [1.82, 2.24) is 4.98 Å². The molecule has 4 heteroatoms. The topological polar surface area (TPSA) is 48.1 Å². The summed E-state index contributed by atoms with van der Waals surface area (Å²) in [6.07, 6.45) is 7.56. The molecular weight excluding hydrogens is 220 g/mol. The van der Waals surface area contributed by atoms with Crippen molar-refractivity contribution in [1.29, 1.82) is 0 Å². The zero-order valence-electron chi connectivity index (χ0n) is 9.56. The van der Waals surface area contributed by atoms with Crippen molar-refractivity contribution in [2.75, 3.05) is 7.11 Å². The summed E-state index contributed by atoms with van der Waals surface area (Å²) < 4.78 is 4.96. The van der Waals surface area contributed by atoms with Crippen molar-refractivity contribution in [3.05, 3.63) is 46.6 Å². The molecule has 0 aliphatic heterocycles. The zero-order valence-corrected chi connectivity index (χ0v) is 10.4. The summed E-state index contributed by atoms with van der Waals surface area (Å²) in [5.41, 5.74) is 6.59. The van der Waals surface area contributed by atoms with E-state index in [4.69, 9.17) is 10.5 Å². The first-order valence-corrected chi connectivity index (χ1v) is 5.75. The second-order valence-corrected chi connectivity index (χ2v) is 4.20. The van der Waals surface area contributed by atoms with Gasteiger partial charge < -0.3 is 10.5 Å². The maximum atomic E-state index is 5.55. The third kappa shape index (κ3) is 3.32. The van der Waals surface area contributed by atoms with E-state index in [1.54, 1.807) is 18.4 Å². The van der Waals surface area contributed by atoms with Crippen LogP contribution in [0.25, 0.3) is 5.57 Å². The fraction of sp³-hybridized carbons (Fsp3) is 0.250. The van der Waals surface area contributed by atoms with Crippen LogP contribution < -0.4 is 5.73 Å². The van der Waals surface area contributed by atoms with Crippen molar-refractivity contribution < 1.29 is 4.74 Å². The lowest BCUT2D eigenvalue weighted by molar-refractivity contribution is 0.309. The first-order chi connectivity index (χ1) is 7.71. The summed E-state index contributed by atoms with van der Waals surface area (Å²) in [6.45, 7) is 6.22. The fourth-order valence-corrected chi connectivity index (χ4v) is 1.92. The molecule has 1 aromatic rings. The largest absolute Gasteiger partial charge is 0.497 e. The van der Waals surface area contributed by atoms with E-state index in [2.05, 4.69) is 11.6 Å². The predicted octanol–water partition coefficient (Wildman–Crippen LogP) is 2.72. The molecule has 1 rings (SSSR count). The average Bonchev–Trinajstić information content (AvgIpc) is 2.78. The quantitative estimate of drug-likeness (QED) is 0.631. The molecule has 2 N–H and O–H groups in total. The van der Waals surface area contributed by atoms with Gasteiger partial charge in [-0.15, -0.1) is 11.3 Å². The van der Waals surface area contributed by atoms with Crippen LogP contribution in [-0.4, -0.2) is 12.1 Å². The number of thiazole rings is 1. The number of rotatable bonds is 5. The molecule has 0 radical (unpaired) electrons. The van der Waals surface area contributed by atoms with E-state index in [1.807, 2.05) is 31.3 Å².